The van der Waals surface area contributed by atoms with Crippen molar-refractivity contribution in [2.24, 2.45) is 0 Å². The number of hydrogen-bond acceptors (Lipinski definition) is 3. The lowest BCUT2D eigenvalue weighted by atomic mass is 9.87. The van der Waals surface area contributed by atoms with Gasteiger partial charge in [-0.3, -0.25) is 4.90 Å². The van der Waals surface area contributed by atoms with Gasteiger partial charge in [-0.15, -0.1) is 0 Å². The summed E-state index contributed by atoms with van der Waals surface area (Å²) in [5.41, 5.74) is 1.57. The van der Waals surface area contributed by atoms with E-state index in [1.165, 1.54) is 4.90 Å². The highest BCUT2D eigenvalue weighted by Crippen LogP contribution is 2.35. The fraction of sp³-hybridized carbons (Fsp3) is 0.385. The van der Waals surface area contributed by atoms with Crippen LogP contribution >= 0.6 is 0 Å². The van der Waals surface area contributed by atoms with Crippen molar-refractivity contribution in [3.63, 3.8) is 0 Å². The molecule has 3 saturated heterocycles. The smallest absolute Gasteiger partial charge is 0.407 e. The van der Waals surface area contributed by atoms with Gasteiger partial charge in [0, 0.05) is 13.1 Å². The van der Waals surface area contributed by atoms with Crippen LogP contribution in [-0.4, -0.2) is 41.3 Å². The Morgan fingerprint density at radius 1 is 1.33 bits per heavy atom. The highest BCUT2D eigenvalue weighted by molar-refractivity contribution is 5.69. The number of carboxylic acid groups (broad SMARTS) is 1. The maximum atomic E-state index is 11.0. The Hall–Kier alpha value is -2.22. The van der Waals surface area contributed by atoms with E-state index < -0.39 is 6.09 Å². The molecule has 3 heterocycles. The van der Waals surface area contributed by atoms with E-state index in [2.05, 4.69) is 11.0 Å². The minimum atomic E-state index is -0.829. The van der Waals surface area contributed by atoms with Gasteiger partial charge in [0.1, 0.15) is 6.07 Å². The molecule has 5 heteroatoms. The molecule has 3 aliphatic rings. The predicted molar refractivity (Wildman–Crippen MR) is 65.4 cm³/mol. The monoisotopic (exact) mass is 243 g/mol. The second kappa shape index (κ2) is 3.91. The number of piperidine rings is 1. The van der Waals surface area contributed by atoms with Gasteiger partial charge in [0.2, 0.25) is 0 Å². The molecule has 3 fully saturated rings. The fourth-order valence-electron chi connectivity index (χ4n) is 2.96. The number of nitrogens with zero attached hydrogens (tertiary/aromatic N) is 3. The molecule has 1 amide bonds. The lowest BCUT2D eigenvalue weighted by molar-refractivity contribution is 0.0115. The molecule has 1 N–H and O–H groups in total. The zero-order valence-corrected chi connectivity index (χ0v) is 9.78. The van der Waals surface area contributed by atoms with Crippen molar-refractivity contribution in [3.05, 3.63) is 29.8 Å². The molecule has 0 radical (unpaired) electrons. The Kier molecular flexibility index (Phi) is 2.37. The van der Waals surface area contributed by atoms with Gasteiger partial charge in [-0.25, -0.2) is 4.79 Å². The van der Waals surface area contributed by atoms with Gasteiger partial charge in [0.25, 0.3) is 0 Å². The number of nitriles is 1. The number of piperazine rings is 1. The van der Waals surface area contributed by atoms with E-state index in [9.17, 15) is 4.79 Å². The van der Waals surface area contributed by atoms with Crippen LogP contribution in [0.4, 0.5) is 10.5 Å². The van der Waals surface area contributed by atoms with Crippen LogP contribution in [0.3, 0.4) is 0 Å². The van der Waals surface area contributed by atoms with Crippen LogP contribution in [0, 0.1) is 11.3 Å². The summed E-state index contributed by atoms with van der Waals surface area (Å²) in [6.45, 7) is 1.36. The van der Waals surface area contributed by atoms with E-state index in [0.717, 1.165) is 12.1 Å². The van der Waals surface area contributed by atoms with E-state index in [0.29, 0.717) is 18.7 Å². The van der Waals surface area contributed by atoms with Crippen LogP contribution in [0.1, 0.15) is 12.0 Å². The standard InChI is InChI=1S/C13H13N3O2/c14-6-9-3-1-2-4-12(9)15-7-10-5-11(8-15)16(10)13(17)18/h1-4,10-11H,5,7-8H2,(H,17,18). The van der Waals surface area contributed by atoms with Crippen LogP contribution in [0.2, 0.25) is 0 Å². The molecule has 2 atom stereocenters. The van der Waals surface area contributed by atoms with Gasteiger partial charge < -0.3 is 10.0 Å². The summed E-state index contributed by atoms with van der Waals surface area (Å²) < 4.78 is 0. The molecule has 0 aliphatic carbocycles. The van der Waals surface area contributed by atoms with E-state index in [1.54, 1.807) is 6.07 Å². The quantitative estimate of drug-likeness (QED) is 0.811. The molecule has 92 valence electrons. The first-order valence-corrected chi connectivity index (χ1v) is 5.96. The van der Waals surface area contributed by atoms with Gasteiger partial charge in [0.05, 0.1) is 23.3 Å². The summed E-state index contributed by atoms with van der Waals surface area (Å²) in [4.78, 5) is 14.7. The van der Waals surface area contributed by atoms with Crippen LogP contribution in [0.5, 0.6) is 0 Å². The lowest BCUT2D eigenvalue weighted by Gasteiger charge is -2.55. The highest BCUT2D eigenvalue weighted by atomic mass is 16.4. The normalized spacial score (nSPS) is 25.3. The summed E-state index contributed by atoms with van der Waals surface area (Å²) in [5.74, 6) is 0. The zero-order chi connectivity index (χ0) is 12.7. The third-order valence-electron chi connectivity index (χ3n) is 3.78. The minimum Gasteiger partial charge on any atom is -0.465 e. The topological polar surface area (TPSA) is 67.6 Å². The van der Waals surface area contributed by atoms with Crippen molar-refractivity contribution in [2.75, 3.05) is 18.0 Å². The Bertz CT molecular complexity index is 525. The molecule has 2 unspecified atom stereocenters. The number of anilines is 1. The minimum absolute atomic E-state index is 0.0769. The first kappa shape index (κ1) is 10.9. The van der Waals surface area contributed by atoms with Crippen LogP contribution in [0.25, 0.3) is 0 Å². The number of rotatable bonds is 1. The third-order valence-corrected chi connectivity index (χ3v) is 3.78. The average Bonchev–Trinajstić information content (AvgIpc) is 2.38. The van der Waals surface area contributed by atoms with E-state index >= 15 is 0 Å². The van der Waals surface area contributed by atoms with Gasteiger partial charge in [0.15, 0.2) is 0 Å². The predicted octanol–water partition coefficient (Wildman–Crippen LogP) is 1.50. The summed E-state index contributed by atoms with van der Waals surface area (Å²) in [7, 11) is 0. The molecule has 0 spiro atoms. The Labute approximate surface area is 105 Å². The van der Waals surface area contributed by atoms with Crippen LogP contribution in [0.15, 0.2) is 24.3 Å². The molecule has 18 heavy (non-hydrogen) atoms. The number of fused-ring (bicyclic) bond motifs is 2. The second-order valence-electron chi connectivity index (χ2n) is 4.77. The van der Waals surface area contributed by atoms with Crippen LogP contribution in [-0.2, 0) is 0 Å². The summed E-state index contributed by atoms with van der Waals surface area (Å²) >= 11 is 0. The number of carbonyl (C=O) groups is 1. The SMILES string of the molecule is N#Cc1ccccc1N1CC2CC(C1)N2C(=O)O. The van der Waals surface area contributed by atoms with Crippen molar-refractivity contribution in [1.82, 2.24) is 4.90 Å². The first-order valence-electron chi connectivity index (χ1n) is 5.96. The van der Waals surface area contributed by atoms with Crippen molar-refractivity contribution < 1.29 is 9.90 Å². The largest absolute Gasteiger partial charge is 0.465 e. The maximum absolute atomic E-state index is 11.0. The number of hydrogen-bond donors (Lipinski definition) is 1. The number of para-hydroxylation sites is 1. The van der Waals surface area contributed by atoms with E-state index in [4.69, 9.17) is 10.4 Å². The van der Waals surface area contributed by atoms with Gasteiger partial charge in [-0.2, -0.15) is 5.26 Å². The Balaban J connectivity index is 1.82. The molecule has 5 nitrogen and oxygen atoms in total. The molecule has 2 bridgehead atoms. The number of amides is 1. The van der Waals surface area contributed by atoms with Gasteiger partial charge in [-0.1, -0.05) is 12.1 Å². The van der Waals surface area contributed by atoms with Gasteiger partial charge in [-0.05, 0) is 18.6 Å². The summed E-state index contributed by atoms with van der Waals surface area (Å²) in [6, 6.07) is 9.81. The Morgan fingerprint density at radius 3 is 2.61 bits per heavy atom. The molecule has 3 aliphatic heterocycles. The average molecular weight is 243 g/mol. The maximum Gasteiger partial charge on any atom is 0.407 e. The lowest BCUT2D eigenvalue weighted by Crippen LogP contribution is -2.70. The Morgan fingerprint density at radius 2 is 2.00 bits per heavy atom. The number of benzene rings is 1. The van der Waals surface area contributed by atoms with E-state index in [-0.39, 0.29) is 12.1 Å². The molecule has 1 aromatic carbocycles. The molecular formula is C13H13N3O2. The summed E-state index contributed by atoms with van der Waals surface area (Å²) in [5, 5.41) is 18.1. The summed E-state index contributed by atoms with van der Waals surface area (Å²) in [6.07, 6.45) is 0.113. The molecule has 0 saturated carbocycles. The van der Waals surface area contributed by atoms with Crippen LogP contribution < -0.4 is 4.90 Å². The molecular weight excluding hydrogens is 230 g/mol. The zero-order valence-electron chi connectivity index (χ0n) is 9.78. The van der Waals surface area contributed by atoms with E-state index in [1.807, 2.05) is 18.2 Å². The van der Waals surface area contributed by atoms with Gasteiger partial charge >= 0.3 is 6.09 Å². The van der Waals surface area contributed by atoms with Crippen molar-refractivity contribution in [3.8, 4) is 6.07 Å². The highest BCUT2D eigenvalue weighted by Gasteiger charge is 2.47. The van der Waals surface area contributed by atoms with Crippen molar-refractivity contribution >= 4 is 11.8 Å². The third kappa shape index (κ3) is 1.50. The fourth-order valence-corrected chi connectivity index (χ4v) is 2.96. The second-order valence-corrected chi connectivity index (χ2v) is 4.77. The first-order chi connectivity index (χ1) is 8.70. The molecule has 0 aromatic heterocycles. The molecule has 4 rings (SSSR count). The molecule has 1 aromatic rings. The van der Waals surface area contributed by atoms with Crippen molar-refractivity contribution in [2.45, 2.75) is 18.5 Å². The van der Waals surface area contributed by atoms with Crippen molar-refractivity contribution in [1.29, 1.82) is 5.26 Å².